The molecular weight excluding hydrogens is 450 g/mol. The van der Waals surface area contributed by atoms with Gasteiger partial charge in [0.2, 0.25) is 5.91 Å². The lowest BCUT2D eigenvalue weighted by Crippen LogP contribution is -2.27. The molecule has 2 aromatic rings. The van der Waals surface area contributed by atoms with E-state index >= 15 is 0 Å². The van der Waals surface area contributed by atoms with Crippen LogP contribution >= 0.6 is 15.9 Å². The van der Waals surface area contributed by atoms with Crippen molar-refractivity contribution in [3.05, 3.63) is 82.5 Å². The number of carbonyl (C=O) groups excluding carboxylic acids is 2. The van der Waals surface area contributed by atoms with E-state index in [2.05, 4.69) is 27.8 Å². The molecule has 0 saturated heterocycles. The number of methoxy groups -OCH3 is 2. The summed E-state index contributed by atoms with van der Waals surface area (Å²) in [5.41, 5.74) is 1.44. The van der Waals surface area contributed by atoms with Crippen LogP contribution in [0.1, 0.15) is 11.1 Å². The number of ether oxygens (including phenoxy) is 3. The molecule has 2 rings (SSSR count). The van der Waals surface area contributed by atoms with Crippen molar-refractivity contribution in [3.8, 4) is 11.5 Å². The van der Waals surface area contributed by atoms with Gasteiger partial charge in [0.05, 0.1) is 14.2 Å². The maximum absolute atomic E-state index is 12.4. The zero-order valence-corrected chi connectivity index (χ0v) is 18.3. The molecule has 6 nitrogen and oxygen atoms in total. The van der Waals surface area contributed by atoms with Crippen LogP contribution in [0.15, 0.2) is 71.4 Å². The fourth-order valence-corrected chi connectivity index (χ4v) is 2.65. The van der Waals surface area contributed by atoms with Crippen molar-refractivity contribution < 1.29 is 23.8 Å². The maximum atomic E-state index is 12.4. The topological polar surface area (TPSA) is 73.9 Å². The normalized spacial score (nSPS) is 11.1. The van der Waals surface area contributed by atoms with Gasteiger partial charge in [-0.2, -0.15) is 0 Å². The van der Waals surface area contributed by atoms with Crippen molar-refractivity contribution in [3.63, 3.8) is 0 Å². The van der Waals surface area contributed by atoms with E-state index in [4.69, 9.17) is 14.2 Å². The average Bonchev–Trinajstić information content (AvgIpc) is 2.76. The number of benzene rings is 2. The van der Waals surface area contributed by atoms with Gasteiger partial charge in [-0.05, 0) is 47.5 Å². The average molecular weight is 472 g/mol. The Bertz CT molecular complexity index is 964. The van der Waals surface area contributed by atoms with Gasteiger partial charge in [-0.25, -0.2) is 4.79 Å². The lowest BCUT2D eigenvalue weighted by molar-refractivity contribution is -0.139. The third-order valence-electron chi connectivity index (χ3n) is 3.83. The van der Waals surface area contributed by atoms with Gasteiger partial charge in [0.15, 0.2) is 11.5 Å². The van der Waals surface area contributed by atoms with E-state index in [1.54, 1.807) is 24.3 Å². The highest BCUT2D eigenvalue weighted by molar-refractivity contribution is 9.10. The molecule has 7 heteroatoms. The molecule has 0 aliphatic heterocycles. The molecule has 0 aliphatic rings. The maximum Gasteiger partial charge on any atom is 0.355 e. The highest BCUT2D eigenvalue weighted by Crippen LogP contribution is 2.28. The zero-order valence-electron chi connectivity index (χ0n) is 16.7. The molecule has 156 valence electrons. The monoisotopic (exact) mass is 471 g/mol. The number of amides is 1. The Morgan fingerprint density at radius 3 is 2.33 bits per heavy atom. The largest absolute Gasteiger partial charge is 0.493 e. The molecule has 0 unspecified atom stereocenters. The van der Waals surface area contributed by atoms with Gasteiger partial charge < -0.3 is 19.5 Å². The first-order valence-corrected chi connectivity index (χ1v) is 9.72. The van der Waals surface area contributed by atoms with Crippen molar-refractivity contribution in [1.29, 1.82) is 0 Å². The molecule has 0 atom stereocenters. The summed E-state index contributed by atoms with van der Waals surface area (Å²) in [7, 11) is 3.04. The van der Waals surface area contributed by atoms with Crippen LogP contribution in [0.25, 0.3) is 12.2 Å². The first-order chi connectivity index (χ1) is 14.5. The quantitative estimate of drug-likeness (QED) is 0.334. The van der Waals surface area contributed by atoms with Gasteiger partial charge in [-0.15, -0.1) is 0 Å². The van der Waals surface area contributed by atoms with Crippen LogP contribution in [0, 0.1) is 0 Å². The Morgan fingerprint density at radius 1 is 1.03 bits per heavy atom. The van der Waals surface area contributed by atoms with Gasteiger partial charge in [-0.1, -0.05) is 46.8 Å². The minimum Gasteiger partial charge on any atom is -0.493 e. The first-order valence-electron chi connectivity index (χ1n) is 8.93. The molecule has 0 bridgehead atoms. The summed E-state index contributed by atoms with van der Waals surface area (Å²) in [6, 6.07) is 12.6. The van der Waals surface area contributed by atoms with E-state index in [1.807, 2.05) is 24.3 Å². The number of esters is 1. The molecule has 0 radical (unpaired) electrons. The number of rotatable bonds is 9. The third kappa shape index (κ3) is 6.93. The highest BCUT2D eigenvalue weighted by atomic mass is 79.9. The molecule has 0 aliphatic carbocycles. The second-order valence-corrected chi connectivity index (χ2v) is 6.85. The fourth-order valence-electron chi connectivity index (χ4n) is 2.39. The Kier molecular flexibility index (Phi) is 8.90. The second-order valence-electron chi connectivity index (χ2n) is 5.93. The molecule has 0 saturated carbocycles. The minimum absolute atomic E-state index is 0.0190. The van der Waals surface area contributed by atoms with E-state index in [9.17, 15) is 9.59 Å². The van der Waals surface area contributed by atoms with Gasteiger partial charge in [-0.3, -0.25) is 4.79 Å². The van der Waals surface area contributed by atoms with Crippen LogP contribution < -0.4 is 14.8 Å². The lowest BCUT2D eigenvalue weighted by atomic mass is 10.1. The number of hydrogen-bond donors (Lipinski definition) is 1. The number of halogens is 1. The summed E-state index contributed by atoms with van der Waals surface area (Å²) in [5.74, 6) is -0.117. The van der Waals surface area contributed by atoms with Crippen LogP contribution in [0.3, 0.4) is 0 Å². The van der Waals surface area contributed by atoms with E-state index < -0.39 is 11.9 Å². The summed E-state index contributed by atoms with van der Waals surface area (Å²) in [5, 5.41) is 2.57. The molecule has 1 N–H and O–H groups in total. The number of carbonyl (C=O) groups is 2. The van der Waals surface area contributed by atoms with Crippen LogP contribution in [-0.2, 0) is 14.3 Å². The Morgan fingerprint density at radius 2 is 1.70 bits per heavy atom. The Labute approximate surface area is 184 Å². The zero-order chi connectivity index (χ0) is 21.9. The van der Waals surface area contributed by atoms with Crippen molar-refractivity contribution in [1.82, 2.24) is 5.32 Å². The third-order valence-corrected chi connectivity index (χ3v) is 4.35. The molecule has 1 amide bonds. The predicted octanol–water partition coefficient (Wildman–Crippen LogP) is 4.37. The van der Waals surface area contributed by atoms with Crippen molar-refractivity contribution >= 4 is 40.0 Å². The van der Waals surface area contributed by atoms with Crippen LogP contribution in [0.5, 0.6) is 11.5 Å². The molecule has 0 heterocycles. The van der Waals surface area contributed by atoms with E-state index in [1.165, 1.54) is 32.4 Å². The molecule has 30 heavy (non-hydrogen) atoms. The van der Waals surface area contributed by atoms with Crippen LogP contribution in [0.4, 0.5) is 0 Å². The van der Waals surface area contributed by atoms with E-state index in [0.717, 1.165) is 10.0 Å². The first kappa shape index (κ1) is 23.0. The molecule has 0 fully saturated rings. The van der Waals surface area contributed by atoms with Crippen molar-refractivity contribution in [2.24, 2.45) is 0 Å². The Balaban J connectivity index is 2.25. The van der Waals surface area contributed by atoms with Crippen LogP contribution in [0.2, 0.25) is 0 Å². The summed E-state index contributed by atoms with van der Waals surface area (Å²) in [4.78, 5) is 24.8. The Hall–Kier alpha value is -3.32. The summed E-state index contributed by atoms with van der Waals surface area (Å²) < 4.78 is 16.5. The minimum atomic E-state index is -0.685. The molecular formula is C23H22BrNO5. The van der Waals surface area contributed by atoms with Gasteiger partial charge in [0, 0.05) is 10.5 Å². The predicted molar refractivity (Wildman–Crippen MR) is 120 cm³/mol. The lowest BCUT2D eigenvalue weighted by Gasteiger charge is -2.10. The smallest absolute Gasteiger partial charge is 0.355 e. The standard InChI is InChI=1S/C23H22BrNO5/c1-4-13-30-23(27)19(14-17-7-11-20(28-2)21(15-17)29-3)25-22(26)12-8-16-5-9-18(24)10-6-16/h4-12,14-15H,1,13H2,2-3H3,(H,25,26). The molecule has 0 spiro atoms. The SMILES string of the molecule is C=CCOC(=O)C(=Cc1ccc(OC)c(OC)c1)NC(=O)C=Cc1ccc(Br)cc1. The fraction of sp³-hybridized carbons (Fsp3) is 0.130. The van der Waals surface area contributed by atoms with Crippen LogP contribution in [-0.4, -0.2) is 32.7 Å². The summed E-state index contributed by atoms with van der Waals surface area (Å²) in [6.07, 6.45) is 5.93. The van der Waals surface area contributed by atoms with E-state index in [0.29, 0.717) is 17.1 Å². The van der Waals surface area contributed by atoms with Crippen molar-refractivity contribution in [2.75, 3.05) is 20.8 Å². The number of hydrogen-bond acceptors (Lipinski definition) is 5. The van der Waals surface area contributed by atoms with E-state index in [-0.39, 0.29) is 12.3 Å². The molecule has 0 aromatic heterocycles. The second kappa shape index (κ2) is 11.6. The van der Waals surface area contributed by atoms with Crippen molar-refractivity contribution in [2.45, 2.75) is 0 Å². The summed E-state index contributed by atoms with van der Waals surface area (Å²) in [6.45, 7) is 3.54. The molecule has 2 aromatic carbocycles. The van der Waals surface area contributed by atoms with Gasteiger partial charge in [0.1, 0.15) is 12.3 Å². The highest BCUT2D eigenvalue weighted by Gasteiger charge is 2.14. The summed E-state index contributed by atoms with van der Waals surface area (Å²) >= 11 is 3.36. The number of nitrogens with one attached hydrogen (secondary N) is 1. The van der Waals surface area contributed by atoms with Gasteiger partial charge in [0.25, 0.3) is 0 Å². The van der Waals surface area contributed by atoms with Gasteiger partial charge >= 0.3 is 5.97 Å².